The molecule has 0 amide bonds. The first kappa shape index (κ1) is 16.5. The minimum atomic E-state index is -0.373. The Morgan fingerprint density at radius 3 is 2.52 bits per heavy atom. The Morgan fingerprint density at radius 2 is 1.76 bits per heavy atom. The van der Waals surface area contributed by atoms with Gasteiger partial charge < -0.3 is 4.74 Å². The number of fused-ring (bicyclic) bond motifs is 5. The van der Waals surface area contributed by atoms with Crippen molar-refractivity contribution in [1.82, 2.24) is 0 Å². The van der Waals surface area contributed by atoms with E-state index in [1.807, 2.05) is 0 Å². The zero-order valence-corrected chi connectivity index (χ0v) is 15.7. The highest BCUT2D eigenvalue weighted by Crippen LogP contribution is 2.66. The minimum absolute atomic E-state index is 0.0717. The molecule has 4 saturated carbocycles. The molecule has 6 atom stereocenters. The summed E-state index contributed by atoms with van der Waals surface area (Å²) >= 11 is 0. The Bertz CT molecular complexity index is 636. The van der Waals surface area contributed by atoms with E-state index in [4.69, 9.17) is 4.74 Å². The third kappa shape index (κ3) is 2.27. The van der Waals surface area contributed by atoms with E-state index >= 15 is 0 Å². The molecule has 0 spiro atoms. The minimum Gasteiger partial charge on any atom is -0.374 e. The van der Waals surface area contributed by atoms with Crippen LogP contribution in [-0.4, -0.2) is 18.0 Å². The molecule has 25 heavy (non-hydrogen) atoms. The fraction of sp³-hybridized carbons (Fsp3) is 0.864. The molecule has 0 heterocycles. The summed E-state index contributed by atoms with van der Waals surface area (Å²) in [6, 6.07) is 0. The van der Waals surface area contributed by atoms with Crippen LogP contribution in [-0.2, 0) is 9.53 Å². The normalized spacial score (nSPS) is 49.6. The smallest absolute Gasteiger partial charge is 0.191 e. The Balaban J connectivity index is 1.44. The van der Waals surface area contributed by atoms with Crippen molar-refractivity contribution in [2.45, 2.75) is 90.3 Å². The quantitative estimate of drug-likeness (QED) is 0.672. The van der Waals surface area contributed by atoms with Crippen molar-refractivity contribution in [2.24, 2.45) is 28.6 Å². The lowest BCUT2D eigenvalue weighted by Gasteiger charge is -2.58. The molecule has 0 unspecified atom stereocenters. The van der Waals surface area contributed by atoms with Gasteiger partial charge in [0, 0.05) is 6.42 Å². The van der Waals surface area contributed by atoms with Gasteiger partial charge in [-0.2, -0.15) is 0 Å². The van der Waals surface area contributed by atoms with Crippen LogP contribution in [0.3, 0.4) is 0 Å². The van der Waals surface area contributed by atoms with Gasteiger partial charge in [0.15, 0.2) is 11.6 Å². The number of Topliss-reactive ketones (excluding diaryl/α,β-unsaturated/α-hetero) is 1. The predicted molar refractivity (Wildman–Crippen MR) is 94.7 cm³/mol. The molecule has 0 aromatic heterocycles. The number of allylic oxidation sites excluding steroid dienone is 1. The van der Waals surface area contributed by atoms with Crippen LogP contribution in [0.1, 0.15) is 78.1 Å². The molecule has 3 heteroatoms. The molecular formula is C22H31FO2. The molecule has 0 aromatic carbocycles. The summed E-state index contributed by atoms with van der Waals surface area (Å²) < 4.78 is 21.0. The van der Waals surface area contributed by atoms with Gasteiger partial charge in [0.1, 0.15) is 0 Å². The van der Waals surface area contributed by atoms with Gasteiger partial charge in [-0.25, -0.2) is 4.39 Å². The summed E-state index contributed by atoms with van der Waals surface area (Å²) in [5, 5.41) is 0. The number of carbonyl (C=O) groups excluding carboxylic acids is 1. The first-order valence-electron chi connectivity index (χ1n) is 10.5. The maximum atomic E-state index is 14.6. The molecule has 5 aliphatic carbocycles. The summed E-state index contributed by atoms with van der Waals surface area (Å²) in [7, 11) is 0. The van der Waals surface area contributed by atoms with E-state index in [1.165, 1.54) is 38.5 Å². The van der Waals surface area contributed by atoms with Gasteiger partial charge in [0.2, 0.25) is 0 Å². The Hall–Kier alpha value is -0.700. The number of halogens is 1. The topological polar surface area (TPSA) is 26.3 Å². The zero-order valence-electron chi connectivity index (χ0n) is 15.7. The Kier molecular flexibility index (Phi) is 3.56. The molecule has 5 rings (SSSR count). The lowest BCUT2D eigenvalue weighted by molar-refractivity contribution is -0.122. The first-order valence-corrected chi connectivity index (χ1v) is 10.5. The summed E-state index contributed by atoms with van der Waals surface area (Å²) in [5.74, 6) is 1.37. The number of hydrogen-bond donors (Lipinski definition) is 0. The molecule has 2 nitrogen and oxygen atoms in total. The second-order valence-electron chi connectivity index (χ2n) is 9.99. The maximum absolute atomic E-state index is 14.6. The average molecular weight is 346 g/mol. The third-order valence-electron chi connectivity index (χ3n) is 8.85. The summed E-state index contributed by atoms with van der Waals surface area (Å²) in [6.45, 7) is 4.74. The highest BCUT2D eigenvalue weighted by Gasteiger charge is 2.60. The van der Waals surface area contributed by atoms with Gasteiger partial charge in [0.25, 0.3) is 0 Å². The fourth-order valence-corrected chi connectivity index (χ4v) is 7.26. The molecule has 0 saturated heterocycles. The van der Waals surface area contributed by atoms with Crippen molar-refractivity contribution in [1.29, 1.82) is 0 Å². The molecule has 0 aliphatic heterocycles. The zero-order chi connectivity index (χ0) is 17.4. The van der Waals surface area contributed by atoms with E-state index in [-0.39, 0.29) is 17.0 Å². The lowest BCUT2D eigenvalue weighted by Crippen LogP contribution is -2.52. The molecule has 5 aliphatic rings. The van der Waals surface area contributed by atoms with Gasteiger partial charge in [-0.3, -0.25) is 4.79 Å². The van der Waals surface area contributed by atoms with E-state index in [0.717, 1.165) is 30.8 Å². The van der Waals surface area contributed by atoms with Crippen molar-refractivity contribution in [2.75, 3.05) is 0 Å². The predicted octanol–water partition coefficient (Wildman–Crippen LogP) is 5.36. The van der Waals surface area contributed by atoms with Crippen LogP contribution < -0.4 is 0 Å². The van der Waals surface area contributed by atoms with E-state index in [1.54, 1.807) is 0 Å². The van der Waals surface area contributed by atoms with Gasteiger partial charge in [0.05, 0.1) is 12.2 Å². The van der Waals surface area contributed by atoms with Crippen LogP contribution >= 0.6 is 0 Å². The molecule has 0 bridgehead atoms. The van der Waals surface area contributed by atoms with Gasteiger partial charge in [-0.1, -0.05) is 13.8 Å². The monoisotopic (exact) mass is 346 g/mol. The van der Waals surface area contributed by atoms with Crippen LogP contribution in [0.4, 0.5) is 4.39 Å². The molecule has 0 N–H and O–H groups in total. The van der Waals surface area contributed by atoms with Crippen LogP contribution in [0, 0.1) is 28.6 Å². The Labute approximate surface area is 150 Å². The highest BCUT2D eigenvalue weighted by molar-refractivity contribution is 5.95. The Morgan fingerprint density at radius 1 is 0.960 bits per heavy atom. The van der Waals surface area contributed by atoms with Crippen LogP contribution in [0.15, 0.2) is 11.4 Å². The molecule has 0 radical (unpaired) electrons. The van der Waals surface area contributed by atoms with Crippen LogP contribution in [0.5, 0.6) is 0 Å². The highest BCUT2D eigenvalue weighted by atomic mass is 19.1. The van der Waals surface area contributed by atoms with Crippen molar-refractivity contribution >= 4 is 5.78 Å². The van der Waals surface area contributed by atoms with Gasteiger partial charge in [-0.15, -0.1) is 0 Å². The number of hydrogen-bond acceptors (Lipinski definition) is 2. The fourth-order valence-electron chi connectivity index (χ4n) is 7.26. The standard InChI is InChI=1S/C22H31FO2/c1-21-12-10-18(24)20(23)17(21)6-5-14-15-7-8-19(25-13-3-4-13)22(15,2)11-9-16(14)21/h13-16,19H,3-12H2,1-2H3/t14-,15-,16-,19-,21+,22-/m0/s1. The number of carbonyl (C=O) groups is 1. The lowest BCUT2D eigenvalue weighted by atomic mass is 9.47. The number of ether oxygens (including phenoxy) is 1. The molecule has 138 valence electrons. The van der Waals surface area contributed by atoms with Crippen molar-refractivity contribution in [3.63, 3.8) is 0 Å². The molecule has 0 aromatic rings. The van der Waals surface area contributed by atoms with Crippen LogP contribution in [0.25, 0.3) is 0 Å². The van der Waals surface area contributed by atoms with E-state index in [0.29, 0.717) is 35.9 Å². The second-order valence-corrected chi connectivity index (χ2v) is 9.99. The van der Waals surface area contributed by atoms with E-state index in [2.05, 4.69) is 13.8 Å². The van der Waals surface area contributed by atoms with Gasteiger partial charge in [-0.05, 0) is 91.9 Å². The van der Waals surface area contributed by atoms with Crippen LogP contribution in [0.2, 0.25) is 0 Å². The molecular weight excluding hydrogens is 315 g/mol. The largest absolute Gasteiger partial charge is 0.374 e. The van der Waals surface area contributed by atoms with Crippen molar-refractivity contribution < 1.29 is 13.9 Å². The van der Waals surface area contributed by atoms with Crippen molar-refractivity contribution in [3.05, 3.63) is 11.4 Å². The summed E-state index contributed by atoms with van der Waals surface area (Å²) in [6.07, 6.45) is 11.5. The number of ketones is 1. The summed E-state index contributed by atoms with van der Waals surface area (Å²) in [5.41, 5.74) is 1.12. The first-order chi connectivity index (χ1) is 11.9. The summed E-state index contributed by atoms with van der Waals surface area (Å²) in [4.78, 5) is 11.9. The second kappa shape index (κ2) is 5.41. The van der Waals surface area contributed by atoms with Gasteiger partial charge >= 0.3 is 0 Å². The van der Waals surface area contributed by atoms with Crippen molar-refractivity contribution in [3.8, 4) is 0 Å². The SMILES string of the molecule is C[C@]12CC[C@H]3[C@@H](CCC4=C(F)C(=O)CC[C@@]43C)[C@@H]1CC[C@@H]2OC1CC1. The average Bonchev–Trinajstić information content (AvgIpc) is 3.34. The van der Waals surface area contributed by atoms with E-state index in [9.17, 15) is 9.18 Å². The molecule has 4 fully saturated rings. The number of rotatable bonds is 2. The maximum Gasteiger partial charge on any atom is 0.191 e. The van der Waals surface area contributed by atoms with E-state index < -0.39 is 0 Å². The third-order valence-corrected chi connectivity index (χ3v) is 8.85.